The Hall–Kier alpha value is -1.50. The van der Waals surface area contributed by atoms with Crippen LogP contribution in [0.15, 0.2) is 41.0 Å². The van der Waals surface area contributed by atoms with E-state index in [4.69, 9.17) is 4.42 Å². The first-order valence-corrected chi connectivity index (χ1v) is 6.26. The first-order valence-electron chi connectivity index (χ1n) is 6.26. The highest BCUT2D eigenvalue weighted by Crippen LogP contribution is 2.29. The molecular formula is C16H20O. The molecule has 1 aromatic heterocycles. The number of furan rings is 1. The summed E-state index contributed by atoms with van der Waals surface area (Å²) in [5.41, 5.74) is 3.94. The molecule has 17 heavy (non-hydrogen) atoms. The summed E-state index contributed by atoms with van der Waals surface area (Å²) in [6.45, 7) is 8.91. The Morgan fingerprint density at radius 2 is 1.47 bits per heavy atom. The van der Waals surface area contributed by atoms with Crippen LogP contribution in [0.4, 0.5) is 0 Å². The summed E-state index contributed by atoms with van der Waals surface area (Å²) in [7, 11) is 0. The minimum Gasteiger partial charge on any atom is -0.464 e. The lowest BCUT2D eigenvalue weighted by Crippen LogP contribution is -1.94. The van der Waals surface area contributed by atoms with Gasteiger partial charge in [-0.2, -0.15) is 0 Å². The smallest absolute Gasteiger partial charge is 0.133 e. The van der Waals surface area contributed by atoms with Gasteiger partial charge in [0.05, 0.1) is 6.26 Å². The van der Waals surface area contributed by atoms with Gasteiger partial charge in [-0.15, -0.1) is 0 Å². The van der Waals surface area contributed by atoms with E-state index in [1.807, 2.05) is 12.1 Å². The Labute approximate surface area is 103 Å². The molecule has 0 unspecified atom stereocenters. The van der Waals surface area contributed by atoms with Gasteiger partial charge in [0.25, 0.3) is 0 Å². The Morgan fingerprint density at radius 1 is 0.882 bits per heavy atom. The summed E-state index contributed by atoms with van der Waals surface area (Å²) in [5.74, 6) is 2.04. The van der Waals surface area contributed by atoms with Crippen molar-refractivity contribution < 1.29 is 4.42 Å². The zero-order valence-corrected chi connectivity index (χ0v) is 11.0. The zero-order valence-electron chi connectivity index (χ0n) is 11.0. The predicted octanol–water partition coefficient (Wildman–Crippen LogP) is 5.19. The van der Waals surface area contributed by atoms with Gasteiger partial charge in [0, 0.05) is 5.56 Å². The normalized spacial score (nSPS) is 11.4. The first kappa shape index (κ1) is 12.0. The van der Waals surface area contributed by atoms with Crippen LogP contribution < -0.4 is 0 Å². The second kappa shape index (κ2) is 4.79. The van der Waals surface area contributed by atoms with Crippen molar-refractivity contribution in [2.75, 3.05) is 0 Å². The summed E-state index contributed by atoms with van der Waals surface area (Å²) < 4.78 is 5.49. The van der Waals surface area contributed by atoms with E-state index in [1.165, 1.54) is 16.7 Å². The third kappa shape index (κ3) is 2.60. The quantitative estimate of drug-likeness (QED) is 0.704. The molecule has 0 aliphatic rings. The van der Waals surface area contributed by atoms with Gasteiger partial charge in [0.15, 0.2) is 0 Å². The fourth-order valence-corrected chi connectivity index (χ4v) is 1.93. The molecule has 0 fully saturated rings. The molecule has 0 bridgehead atoms. The monoisotopic (exact) mass is 228 g/mol. The van der Waals surface area contributed by atoms with Crippen LogP contribution in [-0.4, -0.2) is 0 Å². The lowest BCUT2D eigenvalue weighted by molar-refractivity contribution is 0.582. The van der Waals surface area contributed by atoms with Crippen molar-refractivity contribution in [1.82, 2.24) is 0 Å². The van der Waals surface area contributed by atoms with E-state index >= 15 is 0 Å². The van der Waals surface area contributed by atoms with Crippen molar-refractivity contribution in [3.05, 3.63) is 47.7 Å². The highest BCUT2D eigenvalue weighted by Gasteiger charge is 2.09. The molecule has 0 aliphatic heterocycles. The van der Waals surface area contributed by atoms with Crippen LogP contribution in [0, 0.1) is 0 Å². The number of benzene rings is 1. The molecule has 1 aromatic carbocycles. The first-order chi connectivity index (χ1) is 8.08. The van der Waals surface area contributed by atoms with Crippen molar-refractivity contribution in [1.29, 1.82) is 0 Å². The lowest BCUT2D eigenvalue weighted by atomic mass is 9.92. The maximum atomic E-state index is 5.49. The second-order valence-electron chi connectivity index (χ2n) is 5.18. The van der Waals surface area contributed by atoms with Gasteiger partial charge in [-0.05, 0) is 47.2 Å². The third-order valence-electron chi connectivity index (χ3n) is 3.12. The van der Waals surface area contributed by atoms with Crippen molar-refractivity contribution in [2.45, 2.75) is 39.5 Å². The maximum Gasteiger partial charge on any atom is 0.133 e. The topological polar surface area (TPSA) is 13.1 Å². The molecule has 1 heteroatoms. The third-order valence-corrected chi connectivity index (χ3v) is 3.12. The molecule has 1 heterocycles. The average Bonchev–Trinajstić information content (AvgIpc) is 2.81. The average molecular weight is 228 g/mol. The molecule has 90 valence electrons. The highest BCUT2D eigenvalue weighted by molar-refractivity contribution is 5.60. The number of rotatable bonds is 3. The van der Waals surface area contributed by atoms with E-state index in [1.54, 1.807) is 6.26 Å². The molecule has 0 saturated carbocycles. The molecule has 2 rings (SSSR count). The van der Waals surface area contributed by atoms with E-state index in [0.29, 0.717) is 11.8 Å². The van der Waals surface area contributed by atoms with E-state index in [9.17, 15) is 0 Å². The van der Waals surface area contributed by atoms with Gasteiger partial charge in [0.2, 0.25) is 0 Å². The van der Waals surface area contributed by atoms with Crippen molar-refractivity contribution in [3.63, 3.8) is 0 Å². The molecule has 0 amide bonds. The van der Waals surface area contributed by atoms with E-state index in [0.717, 1.165) is 5.76 Å². The van der Waals surface area contributed by atoms with Crippen molar-refractivity contribution in [3.8, 4) is 11.3 Å². The van der Waals surface area contributed by atoms with Crippen molar-refractivity contribution in [2.24, 2.45) is 0 Å². The standard InChI is InChI=1S/C16H20O/c1-11(2)13-8-14(12(3)4)10-15(9-13)16-6-5-7-17-16/h5-12H,1-4H3. The van der Waals surface area contributed by atoms with Gasteiger partial charge in [-0.3, -0.25) is 0 Å². The fourth-order valence-electron chi connectivity index (χ4n) is 1.93. The van der Waals surface area contributed by atoms with E-state index in [2.05, 4.69) is 45.9 Å². The molecular weight excluding hydrogens is 208 g/mol. The van der Waals surface area contributed by atoms with Gasteiger partial charge < -0.3 is 4.42 Å². The molecule has 1 nitrogen and oxygen atoms in total. The van der Waals surface area contributed by atoms with Gasteiger partial charge in [-0.1, -0.05) is 33.8 Å². The molecule has 0 atom stereocenters. The van der Waals surface area contributed by atoms with E-state index in [-0.39, 0.29) is 0 Å². The summed E-state index contributed by atoms with van der Waals surface area (Å²) in [6, 6.07) is 10.7. The molecule has 0 aliphatic carbocycles. The molecule has 0 N–H and O–H groups in total. The Kier molecular flexibility index (Phi) is 3.37. The summed E-state index contributed by atoms with van der Waals surface area (Å²) in [4.78, 5) is 0. The Morgan fingerprint density at radius 3 is 1.88 bits per heavy atom. The SMILES string of the molecule is CC(C)c1cc(-c2ccco2)cc(C(C)C)c1. The molecule has 0 spiro atoms. The summed E-state index contributed by atoms with van der Waals surface area (Å²) >= 11 is 0. The Balaban J connectivity index is 2.52. The predicted molar refractivity (Wildman–Crippen MR) is 72.3 cm³/mol. The summed E-state index contributed by atoms with van der Waals surface area (Å²) in [6.07, 6.45) is 1.73. The van der Waals surface area contributed by atoms with Gasteiger partial charge >= 0.3 is 0 Å². The largest absolute Gasteiger partial charge is 0.464 e. The van der Waals surface area contributed by atoms with Crippen LogP contribution in [0.2, 0.25) is 0 Å². The highest BCUT2D eigenvalue weighted by atomic mass is 16.3. The van der Waals surface area contributed by atoms with Gasteiger partial charge in [0.1, 0.15) is 5.76 Å². The minimum atomic E-state index is 0.544. The Bertz CT molecular complexity index is 452. The van der Waals surface area contributed by atoms with Crippen LogP contribution in [0.1, 0.15) is 50.7 Å². The number of hydrogen-bond acceptors (Lipinski definition) is 1. The second-order valence-corrected chi connectivity index (χ2v) is 5.18. The van der Waals surface area contributed by atoms with Crippen LogP contribution in [-0.2, 0) is 0 Å². The van der Waals surface area contributed by atoms with Crippen LogP contribution in [0.5, 0.6) is 0 Å². The fraction of sp³-hybridized carbons (Fsp3) is 0.375. The molecule has 0 saturated heterocycles. The van der Waals surface area contributed by atoms with Crippen molar-refractivity contribution >= 4 is 0 Å². The maximum absolute atomic E-state index is 5.49. The summed E-state index contributed by atoms with van der Waals surface area (Å²) in [5, 5.41) is 0. The minimum absolute atomic E-state index is 0.544. The molecule has 0 radical (unpaired) electrons. The number of hydrogen-bond donors (Lipinski definition) is 0. The van der Waals surface area contributed by atoms with Crippen LogP contribution in [0.25, 0.3) is 11.3 Å². The van der Waals surface area contributed by atoms with Gasteiger partial charge in [-0.25, -0.2) is 0 Å². The molecule has 2 aromatic rings. The lowest BCUT2D eigenvalue weighted by Gasteiger charge is -2.13. The van der Waals surface area contributed by atoms with Crippen LogP contribution >= 0.6 is 0 Å². The van der Waals surface area contributed by atoms with Crippen LogP contribution in [0.3, 0.4) is 0 Å². The van der Waals surface area contributed by atoms with E-state index < -0.39 is 0 Å². The zero-order chi connectivity index (χ0) is 12.4.